The van der Waals surface area contributed by atoms with Gasteiger partial charge in [-0.2, -0.15) is 0 Å². The zero-order valence-corrected chi connectivity index (χ0v) is 13.4. The second-order valence-electron chi connectivity index (χ2n) is 6.07. The molecule has 1 aromatic carbocycles. The van der Waals surface area contributed by atoms with E-state index in [0.717, 1.165) is 30.8 Å². The fraction of sp³-hybridized carbons (Fsp3) is 0.444. The normalized spacial score (nSPS) is 18.3. The summed E-state index contributed by atoms with van der Waals surface area (Å²) in [4.78, 5) is 10.9. The summed E-state index contributed by atoms with van der Waals surface area (Å²) in [6.07, 6.45) is 7.01. The van der Waals surface area contributed by atoms with Crippen LogP contribution >= 0.6 is 0 Å². The molecular formula is C18H22FN3O. The Labute approximate surface area is 136 Å². The molecule has 1 aliphatic heterocycles. The van der Waals surface area contributed by atoms with Crippen LogP contribution in [0.25, 0.3) is 0 Å². The molecular weight excluding hydrogens is 293 g/mol. The van der Waals surface area contributed by atoms with Crippen LogP contribution in [0.3, 0.4) is 0 Å². The summed E-state index contributed by atoms with van der Waals surface area (Å²) in [7, 11) is 1.96. The van der Waals surface area contributed by atoms with Crippen LogP contribution in [0.5, 0.6) is 0 Å². The first-order valence-corrected chi connectivity index (χ1v) is 8.07. The van der Waals surface area contributed by atoms with Gasteiger partial charge in [0.25, 0.3) is 0 Å². The van der Waals surface area contributed by atoms with Crippen LogP contribution in [0.4, 0.5) is 4.39 Å². The van der Waals surface area contributed by atoms with Crippen molar-refractivity contribution in [2.75, 3.05) is 13.7 Å². The van der Waals surface area contributed by atoms with Gasteiger partial charge in [-0.1, -0.05) is 18.2 Å². The van der Waals surface area contributed by atoms with Gasteiger partial charge in [-0.15, -0.1) is 0 Å². The van der Waals surface area contributed by atoms with E-state index >= 15 is 0 Å². The third kappa shape index (κ3) is 4.33. The first kappa shape index (κ1) is 16.0. The van der Waals surface area contributed by atoms with Gasteiger partial charge in [0, 0.05) is 43.2 Å². The molecule has 23 heavy (non-hydrogen) atoms. The quantitative estimate of drug-likeness (QED) is 0.846. The molecule has 1 aliphatic rings. The number of rotatable bonds is 5. The van der Waals surface area contributed by atoms with E-state index in [1.807, 2.05) is 36.5 Å². The molecule has 0 saturated carbocycles. The van der Waals surface area contributed by atoms with Crippen molar-refractivity contribution in [2.24, 2.45) is 0 Å². The number of nitrogens with zero attached hydrogens (tertiary/aromatic N) is 3. The van der Waals surface area contributed by atoms with Crippen molar-refractivity contribution in [1.29, 1.82) is 0 Å². The highest BCUT2D eigenvalue weighted by atomic mass is 19.1. The number of hydrogen-bond donors (Lipinski definition) is 0. The maximum atomic E-state index is 13.7. The van der Waals surface area contributed by atoms with Gasteiger partial charge in [0.05, 0.1) is 0 Å². The van der Waals surface area contributed by atoms with E-state index in [2.05, 4.69) is 9.97 Å². The highest BCUT2D eigenvalue weighted by Crippen LogP contribution is 2.24. The molecule has 4 nitrogen and oxygen atoms in total. The zero-order valence-electron chi connectivity index (χ0n) is 13.4. The highest BCUT2D eigenvalue weighted by Gasteiger charge is 2.18. The van der Waals surface area contributed by atoms with Crippen LogP contribution in [0.2, 0.25) is 0 Å². The lowest BCUT2D eigenvalue weighted by Crippen LogP contribution is -2.19. The van der Waals surface area contributed by atoms with E-state index in [1.165, 1.54) is 12.5 Å². The first-order chi connectivity index (χ1) is 11.2. The average Bonchev–Trinajstić information content (AvgIpc) is 2.58. The first-order valence-electron chi connectivity index (χ1n) is 8.07. The van der Waals surface area contributed by atoms with E-state index in [4.69, 9.17) is 4.74 Å². The van der Waals surface area contributed by atoms with E-state index < -0.39 is 0 Å². The summed E-state index contributed by atoms with van der Waals surface area (Å²) in [6.45, 7) is 2.03. The number of ether oxygens (including phenoxy) is 1. The maximum Gasteiger partial charge on any atom is 0.157 e. The van der Waals surface area contributed by atoms with Crippen LogP contribution in [0.1, 0.15) is 42.3 Å². The smallest absolute Gasteiger partial charge is 0.157 e. The largest absolute Gasteiger partial charge is 0.370 e. The molecule has 122 valence electrons. The Morgan fingerprint density at radius 2 is 1.96 bits per heavy atom. The molecule has 2 heterocycles. The molecule has 1 atom stereocenters. The minimum atomic E-state index is -0.166. The van der Waals surface area contributed by atoms with Crippen molar-refractivity contribution < 1.29 is 9.13 Å². The molecule has 0 bridgehead atoms. The molecule has 5 heteroatoms. The van der Waals surface area contributed by atoms with E-state index in [1.54, 1.807) is 6.07 Å². The van der Waals surface area contributed by atoms with Crippen LogP contribution in [-0.4, -0.2) is 28.5 Å². The monoisotopic (exact) mass is 315 g/mol. The predicted molar refractivity (Wildman–Crippen MR) is 86.1 cm³/mol. The summed E-state index contributed by atoms with van der Waals surface area (Å²) in [5.41, 5.74) is 1.71. The topological polar surface area (TPSA) is 38.2 Å². The summed E-state index contributed by atoms with van der Waals surface area (Å²) >= 11 is 0. The van der Waals surface area contributed by atoms with Crippen molar-refractivity contribution >= 4 is 0 Å². The molecule has 0 spiro atoms. The summed E-state index contributed by atoms with van der Waals surface area (Å²) in [5, 5.41) is 0. The van der Waals surface area contributed by atoms with E-state index in [-0.39, 0.29) is 11.9 Å². The summed E-state index contributed by atoms with van der Waals surface area (Å²) in [6, 6.07) is 6.87. The molecule has 0 N–H and O–H groups in total. The molecule has 0 amide bonds. The molecule has 0 radical (unpaired) electrons. The highest BCUT2D eigenvalue weighted by molar-refractivity contribution is 5.17. The van der Waals surface area contributed by atoms with E-state index in [9.17, 15) is 4.39 Å². The lowest BCUT2D eigenvalue weighted by atomic mass is 10.1. The van der Waals surface area contributed by atoms with Crippen molar-refractivity contribution in [3.05, 3.63) is 59.4 Å². The minimum Gasteiger partial charge on any atom is -0.370 e. The van der Waals surface area contributed by atoms with Crippen molar-refractivity contribution in [3.63, 3.8) is 0 Å². The average molecular weight is 315 g/mol. The lowest BCUT2D eigenvalue weighted by Gasteiger charge is -2.21. The molecule has 1 aromatic heterocycles. The molecule has 0 unspecified atom stereocenters. The lowest BCUT2D eigenvalue weighted by molar-refractivity contribution is 0.00938. The van der Waals surface area contributed by atoms with Crippen molar-refractivity contribution in [1.82, 2.24) is 14.9 Å². The molecule has 2 aromatic rings. The number of halogens is 1. The van der Waals surface area contributed by atoms with Gasteiger partial charge in [-0.05, 0) is 32.4 Å². The number of hydrogen-bond acceptors (Lipinski definition) is 4. The van der Waals surface area contributed by atoms with Crippen LogP contribution in [0, 0.1) is 5.82 Å². The zero-order chi connectivity index (χ0) is 16.1. The Morgan fingerprint density at radius 1 is 1.17 bits per heavy atom. The Bertz CT molecular complexity index is 626. The Hall–Kier alpha value is -1.85. The van der Waals surface area contributed by atoms with Crippen molar-refractivity contribution in [2.45, 2.75) is 38.5 Å². The SMILES string of the molecule is CN(Cc1cnc([C@@H]2CCCCO2)nc1)Cc1ccccc1F. The Kier molecular flexibility index (Phi) is 5.31. The fourth-order valence-corrected chi connectivity index (χ4v) is 2.84. The second kappa shape index (κ2) is 7.62. The van der Waals surface area contributed by atoms with Gasteiger partial charge in [-0.3, -0.25) is 4.90 Å². The molecule has 1 saturated heterocycles. The third-order valence-electron chi connectivity index (χ3n) is 4.04. The summed E-state index contributed by atoms with van der Waals surface area (Å²) < 4.78 is 19.4. The van der Waals surface area contributed by atoms with Crippen LogP contribution in [0.15, 0.2) is 36.7 Å². The predicted octanol–water partition coefficient (Wildman–Crippen LogP) is 3.49. The van der Waals surface area contributed by atoms with Gasteiger partial charge >= 0.3 is 0 Å². The standard InChI is InChI=1S/C18H22FN3O/c1-22(13-15-6-2-3-7-16(15)19)12-14-10-20-18(21-11-14)17-8-4-5-9-23-17/h2-3,6-7,10-11,17H,4-5,8-9,12-13H2,1H3/t17-/m0/s1. The number of aromatic nitrogens is 2. The molecule has 0 aliphatic carbocycles. The van der Waals surface area contributed by atoms with Crippen LogP contribution < -0.4 is 0 Å². The fourth-order valence-electron chi connectivity index (χ4n) is 2.84. The second-order valence-corrected chi connectivity index (χ2v) is 6.07. The maximum absolute atomic E-state index is 13.7. The van der Waals surface area contributed by atoms with Crippen LogP contribution in [-0.2, 0) is 17.8 Å². The van der Waals surface area contributed by atoms with Crippen molar-refractivity contribution in [3.8, 4) is 0 Å². The molecule has 1 fully saturated rings. The van der Waals surface area contributed by atoms with Gasteiger partial charge in [0.1, 0.15) is 11.9 Å². The Balaban J connectivity index is 1.58. The van der Waals surface area contributed by atoms with Gasteiger partial charge in [-0.25, -0.2) is 14.4 Å². The number of benzene rings is 1. The molecule has 3 rings (SSSR count). The third-order valence-corrected chi connectivity index (χ3v) is 4.04. The van der Waals surface area contributed by atoms with E-state index in [0.29, 0.717) is 18.7 Å². The minimum absolute atomic E-state index is 0.0361. The summed E-state index contributed by atoms with van der Waals surface area (Å²) in [5.74, 6) is 0.602. The van der Waals surface area contributed by atoms with Gasteiger partial charge in [0.2, 0.25) is 0 Å². The Morgan fingerprint density at radius 3 is 2.65 bits per heavy atom. The van der Waals surface area contributed by atoms with Gasteiger partial charge in [0.15, 0.2) is 5.82 Å². The van der Waals surface area contributed by atoms with Gasteiger partial charge < -0.3 is 4.74 Å².